The normalized spacial score (nSPS) is 15.4. The van der Waals surface area contributed by atoms with E-state index in [9.17, 15) is 0 Å². The molecule has 2 aliphatic carbocycles. The molecule has 0 fully saturated rings. The molecule has 8 aromatic carbocycles. The molecule has 2 heteroatoms. The topological polar surface area (TPSA) is 6.48 Å². The van der Waals surface area contributed by atoms with Gasteiger partial charge in [0.2, 0.25) is 0 Å². The molecule has 2 nitrogen and oxygen atoms in total. The Bertz CT molecular complexity index is 3060. The van der Waals surface area contributed by atoms with Gasteiger partial charge < -0.3 is 9.80 Å². The third-order valence-corrected chi connectivity index (χ3v) is 13.1. The van der Waals surface area contributed by atoms with E-state index >= 15 is 0 Å². The van der Waals surface area contributed by atoms with Crippen molar-refractivity contribution in [2.75, 3.05) is 9.80 Å². The van der Waals surface area contributed by atoms with E-state index in [0.717, 1.165) is 65.4 Å². The zero-order valence-electron chi connectivity index (χ0n) is 37.6. The highest BCUT2D eigenvalue weighted by molar-refractivity contribution is 5.81. The van der Waals surface area contributed by atoms with Gasteiger partial charge in [-0.05, 0) is 142 Å². The maximum Gasteiger partial charge on any atom is 0.0467 e. The third kappa shape index (κ3) is 9.18. The van der Waals surface area contributed by atoms with Gasteiger partial charge in [-0.3, -0.25) is 0 Å². The summed E-state index contributed by atoms with van der Waals surface area (Å²) in [5.41, 5.74) is 19.1. The molecule has 0 amide bonds. The van der Waals surface area contributed by atoms with Crippen LogP contribution in [0.3, 0.4) is 0 Å². The van der Waals surface area contributed by atoms with Crippen molar-refractivity contribution in [2.45, 2.75) is 38.0 Å². The first-order chi connectivity index (χ1) is 32.5. The molecule has 0 bridgehead atoms. The predicted molar refractivity (Wildman–Crippen MR) is 282 cm³/mol. The Labute approximate surface area is 391 Å². The molecule has 0 heterocycles. The van der Waals surface area contributed by atoms with Crippen molar-refractivity contribution in [3.63, 3.8) is 0 Å². The second-order valence-electron chi connectivity index (χ2n) is 17.6. The highest BCUT2D eigenvalue weighted by Gasteiger charge is 2.27. The van der Waals surface area contributed by atoms with Crippen LogP contribution in [0.2, 0.25) is 0 Å². The maximum absolute atomic E-state index is 4.05. The fourth-order valence-corrected chi connectivity index (χ4v) is 9.37. The molecule has 8 aromatic rings. The average Bonchev–Trinajstić information content (AvgIpc) is 3.39. The molecule has 320 valence electrons. The van der Waals surface area contributed by atoms with Crippen molar-refractivity contribution in [3.8, 4) is 33.4 Å². The summed E-state index contributed by atoms with van der Waals surface area (Å²) in [6.07, 6.45) is 19.8. The lowest BCUT2D eigenvalue weighted by atomic mass is 9.77. The van der Waals surface area contributed by atoms with Crippen LogP contribution in [-0.4, -0.2) is 0 Å². The van der Waals surface area contributed by atoms with E-state index in [0.29, 0.717) is 0 Å². The molecular formula is C64H54N2. The Morgan fingerprint density at radius 2 is 1.03 bits per heavy atom. The number of rotatable bonds is 13. The van der Waals surface area contributed by atoms with Gasteiger partial charge >= 0.3 is 0 Å². The van der Waals surface area contributed by atoms with E-state index in [2.05, 4.69) is 266 Å². The van der Waals surface area contributed by atoms with E-state index in [-0.39, 0.29) is 5.41 Å². The zero-order valence-corrected chi connectivity index (χ0v) is 37.6. The number of nitrogens with zero attached hydrogens (tertiary/aromatic N) is 2. The van der Waals surface area contributed by atoms with Crippen LogP contribution in [0.4, 0.5) is 28.4 Å². The van der Waals surface area contributed by atoms with Crippen molar-refractivity contribution in [3.05, 3.63) is 277 Å². The van der Waals surface area contributed by atoms with Gasteiger partial charge in [0.15, 0.2) is 0 Å². The molecule has 2 aliphatic rings. The molecule has 0 saturated carbocycles. The van der Waals surface area contributed by atoms with E-state index in [1.54, 1.807) is 0 Å². The molecule has 0 radical (unpaired) electrons. The van der Waals surface area contributed by atoms with Gasteiger partial charge in [-0.2, -0.15) is 0 Å². The first-order valence-corrected chi connectivity index (χ1v) is 23.2. The standard InChI is InChI=1S/C64H54N2/c1-3-48-17-13-23-62(46-48)66(61-41-43-64(2,44-42-61)57-21-11-6-12-22-57)60-39-33-56(34-40-60)53-27-25-52(26-28-53)55-31-37-59(38-32-55)65(58-35-29-54(30-36-58)51-19-9-5-10-20-51)63-24-14-18-50(47-63)45-49-15-7-4-8-16-49/h3-7,9-15,17-43,46-47H,1,8,16,44-45H2,2H3. The van der Waals surface area contributed by atoms with E-state index in [1.165, 1.54) is 50.1 Å². The summed E-state index contributed by atoms with van der Waals surface area (Å²) >= 11 is 0. The largest absolute Gasteiger partial charge is 0.311 e. The van der Waals surface area contributed by atoms with Crippen molar-refractivity contribution in [1.29, 1.82) is 0 Å². The molecule has 0 aromatic heterocycles. The number of allylic oxidation sites excluding steroid dienone is 7. The predicted octanol–water partition coefficient (Wildman–Crippen LogP) is 17.6. The number of benzene rings is 8. The number of hydrogen-bond donors (Lipinski definition) is 0. The number of anilines is 5. The monoisotopic (exact) mass is 850 g/mol. The molecule has 1 atom stereocenters. The molecule has 1 unspecified atom stereocenters. The lowest BCUT2D eigenvalue weighted by molar-refractivity contribution is 0.595. The van der Waals surface area contributed by atoms with Crippen LogP contribution in [0.5, 0.6) is 0 Å². The summed E-state index contributed by atoms with van der Waals surface area (Å²) in [7, 11) is 0. The Morgan fingerprint density at radius 3 is 1.56 bits per heavy atom. The Balaban J connectivity index is 0.900. The summed E-state index contributed by atoms with van der Waals surface area (Å²) in [4.78, 5) is 4.74. The second kappa shape index (κ2) is 19.0. The summed E-state index contributed by atoms with van der Waals surface area (Å²) in [6, 6.07) is 74.9. The number of hydrogen-bond acceptors (Lipinski definition) is 2. The van der Waals surface area contributed by atoms with Crippen LogP contribution in [0.1, 0.15) is 42.9 Å². The highest BCUT2D eigenvalue weighted by Crippen LogP contribution is 2.41. The molecule has 0 spiro atoms. The smallest absolute Gasteiger partial charge is 0.0467 e. The summed E-state index contributed by atoms with van der Waals surface area (Å²) in [6.45, 7) is 6.37. The Morgan fingerprint density at radius 1 is 0.515 bits per heavy atom. The first-order valence-electron chi connectivity index (χ1n) is 23.2. The van der Waals surface area contributed by atoms with Crippen molar-refractivity contribution in [2.24, 2.45) is 0 Å². The minimum Gasteiger partial charge on any atom is -0.311 e. The molecule has 10 rings (SSSR count). The lowest BCUT2D eigenvalue weighted by Crippen LogP contribution is -2.24. The molecule has 66 heavy (non-hydrogen) atoms. The molecular weight excluding hydrogens is 797 g/mol. The van der Waals surface area contributed by atoms with Crippen LogP contribution in [0.15, 0.2) is 261 Å². The molecule has 0 aliphatic heterocycles. The summed E-state index contributed by atoms with van der Waals surface area (Å²) in [5, 5.41) is 0. The van der Waals surface area contributed by atoms with E-state index in [4.69, 9.17) is 0 Å². The van der Waals surface area contributed by atoms with Gasteiger partial charge in [-0.15, -0.1) is 0 Å². The van der Waals surface area contributed by atoms with Gasteiger partial charge in [0.1, 0.15) is 0 Å². The van der Waals surface area contributed by atoms with Crippen molar-refractivity contribution >= 4 is 34.5 Å². The van der Waals surface area contributed by atoms with Gasteiger partial charge in [0.25, 0.3) is 0 Å². The minimum atomic E-state index is -0.0508. The fraction of sp³-hybridized carbons (Fsp3) is 0.0938. The molecule has 0 N–H and O–H groups in total. The lowest BCUT2D eigenvalue weighted by Gasteiger charge is -2.33. The van der Waals surface area contributed by atoms with Crippen LogP contribution in [-0.2, 0) is 11.8 Å². The van der Waals surface area contributed by atoms with Gasteiger partial charge in [-0.25, -0.2) is 0 Å². The highest BCUT2D eigenvalue weighted by atomic mass is 15.1. The Hall–Kier alpha value is -7.94. The van der Waals surface area contributed by atoms with Crippen LogP contribution in [0, 0.1) is 0 Å². The van der Waals surface area contributed by atoms with Gasteiger partial charge in [0, 0.05) is 39.5 Å². The summed E-state index contributed by atoms with van der Waals surface area (Å²) < 4.78 is 0. The quantitative estimate of drug-likeness (QED) is 0.114. The third-order valence-electron chi connectivity index (χ3n) is 13.1. The fourth-order valence-electron chi connectivity index (χ4n) is 9.37. The van der Waals surface area contributed by atoms with Crippen molar-refractivity contribution in [1.82, 2.24) is 0 Å². The Kier molecular flexibility index (Phi) is 12.1. The SMILES string of the molecule is C=Cc1cccc(N(C2=CCC(C)(c3ccccc3)C=C2)c2ccc(-c3ccc(-c4ccc(N(c5ccc(-c6ccccc6)cc5)c5cccc(CC6=CC=CCC6)c5)cc4)cc3)cc2)c1. The van der Waals surface area contributed by atoms with Gasteiger partial charge in [-0.1, -0.05) is 201 Å². The van der Waals surface area contributed by atoms with Crippen LogP contribution in [0.25, 0.3) is 39.5 Å². The van der Waals surface area contributed by atoms with Crippen LogP contribution < -0.4 is 9.80 Å². The minimum absolute atomic E-state index is 0.0508. The second-order valence-corrected chi connectivity index (χ2v) is 17.6. The van der Waals surface area contributed by atoms with E-state index < -0.39 is 0 Å². The van der Waals surface area contributed by atoms with Crippen LogP contribution >= 0.6 is 0 Å². The molecule has 0 saturated heterocycles. The van der Waals surface area contributed by atoms with Gasteiger partial charge in [0.05, 0.1) is 0 Å². The summed E-state index contributed by atoms with van der Waals surface area (Å²) in [5.74, 6) is 0. The average molecular weight is 851 g/mol. The van der Waals surface area contributed by atoms with Crippen molar-refractivity contribution < 1.29 is 0 Å². The zero-order chi connectivity index (χ0) is 44.7. The maximum atomic E-state index is 4.05. The van der Waals surface area contributed by atoms with E-state index in [1.807, 2.05) is 6.08 Å². The first kappa shape index (κ1) is 42.0.